The van der Waals surface area contributed by atoms with Crippen LogP contribution >= 0.6 is 0 Å². The highest BCUT2D eigenvalue weighted by Crippen LogP contribution is 2.32. The lowest BCUT2D eigenvalue weighted by Gasteiger charge is -2.24. The quantitative estimate of drug-likeness (QED) is 0.901. The van der Waals surface area contributed by atoms with Crippen molar-refractivity contribution in [2.24, 2.45) is 5.73 Å². The van der Waals surface area contributed by atoms with Crippen LogP contribution in [0.2, 0.25) is 0 Å². The predicted octanol–water partition coefficient (Wildman–Crippen LogP) is 3.15. The third-order valence-corrected chi connectivity index (χ3v) is 4.86. The van der Waals surface area contributed by atoms with Gasteiger partial charge in [0.15, 0.2) is 5.69 Å². The normalized spacial score (nSPS) is 21.0. The van der Waals surface area contributed by atoms with Crippen LogP contribution in [-0.2, 0) is 12.8 Å². The second-order valence-corrected chi connectivity index (χ2v) is 6.29. The van der Waals surface area contributed by atoms with Gasteiger partial charge in [-0.25, -0.2) is 0 Å². The van der Waals surface area contributed by atoms with Crippen molar-refractivity contribution in [3.8, 4) is 0 Å². The number of hydrogen-bond acceptors (Lipinski definition) is 2. The number of rotatable bonds is 2. The van der Waals surface area contributed by atoms with Gasteiger partial charge in [0.2, 0.25) is 0 Å². The first-order valence-electron chi connectivity index (χ1n) is 8.17. The molecule has 0 radical (unpaired) electrons. The average molecular weight is 275 g/mol. The molecule has 4 heteroatoms. The summed E-state index contributed by atoms with van der Waals surface area (Å²) in [5, 5.41) is 4.64. The topological polar surface area (TPSA) is 60.9 Å². The molecule has 20 heavy (non-hydrogen) atoms. The Morgan fingerprint density at radius 3 is 2.35 bits per heavy atom. The average Bonchev–Trinajstić information content (AvgIpc) is 2.77. The van der Waals surface area contributed by atoms with Gasteiger partial charge in [-0.1, -0.05) is 32.1 Å². The van der Waals surface area contributed by atoms with E-state index in [4.69, 9.17) is 5.73 Å². The van der Waals surface area contributed by atoms with E-state index in [9.17, 15) is 4.79 Å². The molecular formula is C16H25N3O. The van der Waals surface area contributed by atoms with Crippen molar-refractivity contribution in [3.63, 3.8) is 0 Å². The standard InChI is InChI=1S/C16H25N3O/c17-16(20)15-13-10-6-1-2-7-11-14(13)19(18-15)12-8-4-3-5-9-12/h12H,1-11H2,(H2,17,20). The summed E-state index contributed by atoms with van der Waals surface area (Å²) in [6.07, 6.45) is 13.3. The minimum absolute atomic E-state index is 0.351. The van der Waals surface area contributed by atoms with Gasteiger partial charge in [-0.15, -0.1) is 0 Å². The lowest BCUT2D eigenvalue weighted by molar-refractivity contribution is 0.0993. The van der Waals surface area contributed by atoms with E-state index in [1.807, 2.05) is 0 Å². The molecule has 4 nitrogen and oxygen atoms in total. The zero-order valence-corrected chi connectivity index (χ0v) is 12.2. The number of aromatic nitrogens is 2. The maximum Gasteiger partial charge on any atom is 0.269 e. The summed E-state index contributed by atoms with van der Waals surface area (Å²) in [5.74, 6) is -0.351. The molecule has 1 amide bonds. The van der Waals surface area contributed by atoms with Crippen molar-refractivity contribution in [2.45, 2.75) is 76.7 Å². The van der Waals surface area contributed by atoms with E-state index in [-0.39, 0.29) is 5.91 Å². The van der Waals surface area contributed by atoms with E-state index in [2.05, 4.69) is 9.78 Å². The van der Waals surface area contributed by atoms with Crippen molar-refractivity contribution < 1.29 is 4.79 Å². The molecule has 1 aromatic rings. The van der Waals surface area contributed by atoms with Crippen molar-refractivity contribution in [1.82, 2.24) is 9.78 Å². The van der Waals surface area contributed by atoms with E-state index >= 15 is 0 Å². The van der Waals surface area contributed by atoms with Crippen LogP contribution in [0.25, 0.3) is 0 Å². The highest BCUT2D eigenvalue weighted by atomic mass is 16.1. The summed E-state index contributed by atoms with van der Waals surface area (Å²) in [6, 6.07) is 0.491. The van der Waals surface area contributed by atoms with Crippen molar-refractivity contribution in [2.75, 3.05) is 0 Å². The fourth-order valence-corrected chi connectivity index (χ4v) is 3.80. The molecule has 2 N–H and O–H groups in total. The molecule has 0 aliphatic heterocycles. The fourth-order valence-electron chi connectivity index (χ4n) is 3.80. The van der Waals surface area contributed by atoms with Crippen LogP contribution < -0.4 is 5.73 Å². The summed E-state index contributed by atoms with van der Waals surface area (Å²) in [5.41, 5.74) is 8.57. The maximum absolute atomic E-state index is 11.7. The van der Waals surface area contributed by atoms with Gasteiger partial charge >= 0.3 is 0 Å². The zero-order valence-electron chi connectivity index (χ0n) is 12.2. The van der Waals surface area contributed by atoms with Crippen LogP contribution in [0.3, 0.4) is 0 Å². The van der Waals surface area contributed by atoms with Crippen molar-refractivity contribution in [1.29, 1.82) is 0 Å². The molecule has 0 unspecified atom stereocenters. The minimum Gasteiger partial charge on any atom is -0.364 e. The van der Waals surface area contributed by atoms with Crippen molar-refractivity contribution >= 4 is 5.91 Å². The Bertz CT molecular complexity index is 486. The monoisotopic (exact) mass is 275 g/mol. The van der Waals surface area contributed by atoms with E-state index in [0.717, 1.165) is 24.8 Å². The maximum atomic E-state index is 11.7. The van der Waals surface area contributed by atoms with Gasteiger partial charge in [0.1, 0.15) is 0 Å². The molecule has 0 aromatic carbocycles. The van der Waals surface area contributed by atoms with E-state index < -0.39 is 0 Å². The van der Waals surface area contributed by atoms with Crippen LogP contribution in [0.1, 0.15) is 85.6 Å². The Hall–Kier alpha value is -1.32. The van der Waals surface area contributed by atoms with Gasteiger partial charge in [0, 0.05) is 11.3 Å². The second kappa shape index (κ2) is 5.98. The first-order chi connectivity index (χ1) is 9.77. The number of amides is 1. The van der Waals surface area contributed by atoms with E-state index in [0.29, 0.717) is 11.7 Å². The highest BCUT2D eigenvalue weighted by Gasteiger charge is 2.26. The predicted molar refractivity (Wildman–Crippen MR) is 78.7 cm³/mol. The van der Waals surface area contributed by atoms with Gasteiger partial charge in [0.25, 0.3) is 5.91 Å². The molecule has 110 valence electrons. The summed E-state index contributed by atoms with van der Waals surface area (Å²) in [7, 11) is 0. The van der Waals surface area contributed by atoms with Crippen LogP contribution in [0.15, 0.2) is 0 Å². The lowest BCUT2D eigenvalue weighted by Crippen LogP contribution is -2.18. The van der Waals surface area contributed by atoms with E-state index in [1.165, 1.54) is 57.1 Å². The molecule has 0 bridgehead atoms. The Labute approximate surface area is 120 Å². The van der Waals surface area contributed by atoms with Crippen LogP contribution in [0.5, 0.6) is 0 Å². The molecule has 0 atom stereocenters. The number of carbonyl (C=O) groups is 1. The summed E-state index contributed by atoms with van der Waals surface area (Å²) in [4.78, 5) is 11.7. The first-order valence-corrected chi connectivity index (χ1v) is 8.17. The molecule has 0 saturated heterocycles. The number of nitrogens with two attached hydrogens (primary N) is 1. The molecule has 2 aliphatic carbocycles. The van der Waals surface area contributed by atoms with Crippen LogP contribution in [0.4, 0.5) is 0 Å². The smallest absolute Gasteiger partial charge is 0.269 e. The summed E-state index contributed by atoms with van der Waals surface area (Å²) in [6.45, 7) is 0. The van der Waals surface area contributed by atoms with Crippen molar-refractivity contribution in [3.05, 3.63) is 17.0 Å². The molecule has 2 aliphatic rings. The number of primary amides is 1. The number of nitrogens with zero attached hydrogens (tertiary/aromatic N) is 2. The Morgan fingerprint density at radius 2 is 1.65 bits per heavy atom. The summed E-state index contributed by atoms with van der Waals surface area (Å²) < 4.78 is 2.18. The Kier molecular flexibility index (Phi) is 4.08. The SMILES string of the molecule is NC(=O)c1nn(C2CCCCC2)c2c1CCCCCC2. The fraction of sp³-hybridized carbons (Fsp3) is 0.750. The van der Waals surface area contributed by atoms with Gasteiger partial charge in [-0.3, -0.25) is 9.48 Å². The third-order valence-electron chi connectivity index (χ3n) is 4.86. The first kappa shape index (κ1) is 13.7. The number of carbonyl (C=O) groups excluding carboxylic acids is 1. The number of hydrogen-bond donors (Lipinski definition) is 1. The van der Waals surface area contributed by atoms with Gasteiger partial charge < -0.3 is 5.73 Å². The second-order valence-electron chi connectivity index (χ2n) is 6.29. The highest BCUT2D eigenvalue weighted by molar-refractivity contribution is 5.92. The minimum atomic E-state index is -0.351. The zero-order chi connectivity index (χ0) is 13.9. The van der Waals surface area contributed by atoms with Gasteiger partial charge in [-0.2, -0.15) is 5.10 Å². The molecule has 0 spiro atoms. The van der Waals surface area contributed by atoms with E-state index in [1.54, 1.807) is 0 Å². The Balaban J connectivity index is 1.99. The lowest BCUT2D eigenvalue weighted by atomic mass is 9.93. The number of fused-ring (bicyclic) bond motifs is 1. The molecule has 1 fully saturated rings. The third kappa shape index (κ3) is 2.60. The molecule has 1 heterocycles. The Morgan fingerprint density at radius 1 is 1.00 bits per heavy atom. The molecule has 1 aromatic heterocycles. The summed E-state index contributed by atoms with van der Waals surface area (Å²) >= 11 is 0. The largest absolute Gasteiger partial charge is 0.364 e. The molecular weight excluding hydrogens is 250 g/mol. The molecule has 3 rings (SSSR count). The van der Waals surface area contributed by atoms with Crippen LogP contribution in [-0.4, -0.2) is 15.7 Å². The van der Waals surface area contributed by atoms with Gasteiger partial charge in [0.05, 0.1) is 6.04 Å². The van der Waals surface area contributed by atoms with Crippen LogP contribution in [0, 0.1) is 0 Å². The van der Waals surface area contributed by atoms with Gasteiger partial charge in [-0.05, 0) is 38.5 Å². The molecule has 1 saturated carbocycles.